The maximum atomic E-state index is 12.5. The molecule has 2 N–H and O–H groups in total. The number of nitrogens with one attached hydrogen (secondary N) is 2. The van der Waals surface area contributed by atoms with Crippen molar-refractivity contribution in [1.29, 1.82) is 0 Å². The fourth-order valence-electron chi connectivity index (χ4n) is 5.21. The number of carbonyl (C=O) groups is 2. The molecule has 0 unspecified atom stereocenters. The Bertz CT molecular complexity index is 1110. The zero-order valence-corrected chi connectivity index (χ0v) is 21.6. The Morgan fingerprint density at radius 2 is 1.86 bits per heavy atom. The van der Waals surface area contributed by atoms with Crippen molar-refractivity contribution in [3.8, 4) is 16.9 Å². The van der Waals surface area contributed by atoms with Crippen molar-refractivity contribution in [2.24, 2.45) is 5.41 Å². The summed E-state index contributed by atoms with van der Waals surface area (Å²) >= 11 is 0. The highest BCUT2D eigenvalue weighted by atomic mass is 16.6. The summed E-state index contributed by atoms with van der Waals surface area (Å²) in [6.45, 7) is 8.67. The molecule has 36 heavy (non-hydrogen) atoms. The second kappa shape index (κ2) is 9.68. The van der Waals surface area contributed by atoms with E-state index in [9.17, 15) is 9.59 Å². The molecule has 0 saturated carbocycles. The Morgan fingerprint density at radius 3 is 2.53 bits per heavy atom. The molecule has 2 saturated heterocycles. The first-order chi connectivity index (χ1) is 17.2. The maximum Gasteiger partial charge on any atom is 0.409 e. The van der Waals surface area contributed by atoms with E-state index in [4.69, 9.17) is 9.47 Å². The molecule has 0 radical (unpaired) electrons. The molecule has 0 aromatic heterocycles. The van der Waals surface area contributed by atoms with Gasteiger partial charge in [0.05, 0.1) is 6.61 Å². The fraction of sp³-hybridized carbons (Fsp3) is 0.517. The fourth-order valence-corrected chi connectivity index (χ4v) is 5.21. The van der Waals surface area contributed by atoms with Gasteiger partial charge in [0.25, 0.3) is 0 Å². The van der Waals surface area contributed by atoms with Crippen molar-refractivity contribution in [1.82, 2.24) is 10.2 Å². The summed E-state index contributed by atoms with van der Waals surface area (Å²) in [5.41, 5.74) is 4.35. The normalized spacial score (nSPS) is 20.6. The molecular weight excluding hydrogens is 454 g/mol. The summed E-state index contributed by atoms with van der Waals surface area (Å²) in [7, 11) is 0. The Hall–Kier alpha value is -3.22. The number of anilines is 1. The Balaban J connectivity index is 1.16. The summed E-state index contributed by atoms with van der Waals surface area (Å²) in [5.74, 6) is 1.10. The minimum absolute atomic E-state index is 0.0357. The van der Waals surface area contributed by atoms with Crippen LogP contribution in [0.25, 0.3) is 11.1 Å². The summed E-state index contributed by atoms with van der Waals surface area (Å²) in [6.07, 6.45) is 3.78. The van der Waals surface area contributed by atoms with Gasteiger partial charge in [0.2, 0.25) is 5.91 Å². The van der Waals surface area contributed by atoms with Gasteiger partial charge in [-0.1, -0.05) is 39.0 Å². The molecular formula is C29H37N3O4. The van der Waals surface area contributed by atoms with Gasteiger partial charge in [0.15, 0.2) is 0 Å². The number of hydrogen-bond donors (Lipinski definition) is 2. The molecule has 3 aliphatic heterocycles. The van der Waals surface area contributed by atoms with E-state index >= 15 is 0 Å². The average molecular weight is 492 g/mol. The third kappa shape index (κ3) is 5.61. The van der Waals surface area contributed by atoms with Crippen LogP contribution < -0.4 is 15.4 Å². The van der Waals surface area contributed by atoms with Gasteiger partial charge in [0, 0.05) is 57.0 Å². The maximum absolute atomic E-state index is 12.5. The second-order valence-electron chi connectivity index (χ2n) is 11.6. The van der Waals surface area contributed by atoms with Gasteiger partial charge in [-0.2, -0.15) is 0 Å². The third-order valence-corrected chi connectivity index (χ3v) is 7.32. The second-order valence-corrected chi connectivity index (χ2v) is 11.6. The van der Waals surface area contributed by atoms with Crippen LogP contribution in [0.2, 0.25) is 0 Å². The largest absolute Gasteiger partial charge is 0.487 e. The van der Waals surface area contributed by atoms with Crippen LogP contribution in [0.3, 0.4) is 0 Å². The van der Waals surface area contributed by atoms with Gasteiger partial charge >= 0.3 is 6.09 Å². The predicted molar refractivity (Wildman–Crippen MR) is 140 cm³/mol. The molecule has 192 valence electrons. The van der Waals surface area contributed by atoms with Crippen LogP contribution in [0.1, 0.15) is 52.0 Å². The molecule has 5 rings (SSSR count). The quantitative estimate of drug-likeness (QED) is 0.616. The lowest BCUT2D eigenvalue weighted by Gasteiger charge is -2.38. The van der Waals surface area contributed by atoms with E-state index in [-0.39, 0.29) is 29.1 Å². The molecule has 0 bridgehead atoms. The molecule has 2 aromatic carbocycles. The molecule has 0 aliphatic carbocycles. The molecule has 7 heteroatoms. The predicted octanol–water partition coefficient (Wildman–Crippen LogP) is 5.00. The van der Waals surface area contributed by atoms with Crippen molar-refractivity contribution >= 4 is 17.7 Å². The number of benzene rings is 2. The summed E-state index contributed by atoms with van der Waals surface area (Å²) in [6, 6.07) is 15.1. The van der Waals surface area contributed by atoms with E-state index in [0.717, 1.165) is 49.2 Å². The van der Waals surface area contributed by atoms with Crippen LogP contribution in [0.4, 0.5) is 10.5 Å². The number of carbonyl (C=O) groups excluding carboxylic acids is 2. The SMILES string of the molecule is CC(C)(C)COC(=O)N1CCC2(CC1)Cc1cc(-c3ccc(NC[C@@H]4CCC(=O)N4)cc3)ccc1O2. The van der Waals surface area contributed by atoms with E-state index in [1.54, 1.807) is 0 Å². The monoisotopic (exact) mass is 491 g/mol. The number of nitrogens with zero attached hydrogens (tertiary/aromatic N) is 1. The lowest BCUT2D eigenvalue weighted by molar-refractivity contribution is -0.119. The highest BCUT2D eigenvalue weighted by molar-refractivity contribution is 5.78. The van der Waals surface area contributed by atoms with E-state index in [1.165, 1.54) is 11.1 Å². The summed E-state index contributed by atoms with van der Waals surface area (Å²) in [5, 5.41) is 6.41. The van der Waals surface area contributed by atoms with Crippen molar-refractivity contribution < 1.29 is 19.1 Å². The summed E-state index contributed by atoms with van der Waals surface area (Å²) in [4.78, 5) is 25.6. The highest BCUT2D eigenvalue weighted by Gasteiger charge is 2.43. The van der Waals surface area contributed by atoms with Crippen LogP contribution >= 0.6 is 0 Å². The van der Waals surface area contributed by atoms with Crippen LogP contribution in [-0.2, 0) is 16.0 Å². The lowest BCUT2D eigenvalue weighted by atomic mass is 9.86. The molecule has 3 heterocycles. The average Bonchev–Trinajstić information content (AvgIpc) is 3.43. The number of fused-ring (bicyclic) bond motifs is 1. The van der Waals surface area contributed by atoms with Gasteiger partial charge in [-0.05, 0) is 52.8 Å². The van der Waals surface area contributed by atoms with E-state index < -0.39 is 0 Å². The molecule has 2 amide bonds. The van der Waals surface area contributed by atoms with Crippen molar-refractivity contribution in [2.75, 3.05) is 31.6 Å². The summed E-state index contributed by atoms with van der Waals surface area (Å²) < 4.78 is 12.0. The van der Waals surface area contributed by atoms with Crippen molar-refractivity contribution in [3.05, 3.63) is 48.0 Å². The van der Waals surface area contributed by atoms with E-state index in [2.05, 4.69) is 73.9 Å². The Labute approximate surface area is 213 Å². The zero-order chi connectivity index (χ0) is 25.3. The van der Waals surface area contributed by atoms with Crippen LogP contribution in [0, 0.1) is 5.41 Å². The minimum atomic E-state index is -0.231. The van der Waals surface area contributed by atoms with Crippen LogP contribution in [0.5, 0.6) is 5.75 Å². The molecule has 1 atom stereocenters. The van der Waals surface area contributed by atoms with Gasteiger partial charge in [-0.15, -0.1) is 0 Å². The highest BCUT2D eigenvalue weighted by Crippen LogP contribution is 2.42. The van der Waals surface area contributed by atoms with Crippen molar-refractivity contribution in [3.63, 3.8) is 0 Å². The zero-order valence-electron chi connectivity index (χ0n) is 21.6. The van der Waals surface area contributed by atoms with Crippen LogP contribution in [0.15, 0.2) is 42.5 Å². The first kappa shape index (κ1) is 24.5. The smallest absolute Gasteiger partial charge is 0.409 e. The number of rotatable bonds is 5. The first-order valence-corrected chi connectivity index (χ1v) is 13.1. The number of likely N-dealkylation sites (tertiary alicyclic amines) is 1. The third-order valence-electron chi connectivity index (χ3n) is 7.32. The van der Waals surface area contributed by atoms with Crippen LogP contribution in [-0.4, -0.2) is 54.8 Å². The number of amides is 2. The number of ether oxygens (including phenoxy) is 2. The first-order valence-electron chi connectivity index (χ1n) is 13.1. The van der Waals surface area contributed by atoms with E-state index in [0.29, 0.717) is 26.1 Å². The van der Waals surface area contributed by atoms with Gasteiger partial charge in [0.1, 0.15) is 11.4 Å². The van der Waals surface area contributed by atoms with Gasteiger partial charge in [-0.3, -0.25) is 4.79 Å². The molecule has 7 nitrogen and oxygen atoms in total. The standard InChI is InChI=1S/C29H37N3O4/c1-28(2,3)19-35-27(34)32-14-12-29(13-15-32)17-22-16-21(6-10-25(22)36-29)20-4-7-23(8-5-20)30-18-24-9-11-26(33)31-24/h4-8,10,16,24,30H,9,11-15,17-19H2,1-3H3,(H,31,33)/t24-/m0/s1. The Kier molecular flexibility index (Phi) is 6.58. The topological polar surface area (TPSA) is 79.9 Å². The molecule has 1 spiro atoms. The number of hydrogen-bond acceptors (Lipinski definition) is 5. The Morgan fingerprint density at radius 1 is 1.14 bits per heavy atom. The molecule has 3 aliphatic rings. The molecule has 2 fully saturated rings. The minimum Gasteiger partial charge on any atom is -0.487 e. The lowest BCUT2D eigenvalue weighted by Crippen LogP contribution is -2.49. The van der Waals surface area contributed by atoms with Gasteiger partial charge < -0.3 is 25.0 Å². The van der Waals surface area contributed by atoms with Crippen molar-refractivity contribution in [2.45, 2.75) is 64.5 Å². The number of piperidine rings is 1. The molecule has 2 aromatic rings. The van der Waals surface area contributed by atoms with E-state index in [1.807, 2.05) is 4.90 Å². The van der Waals surface area contributed by atoms with Gasteiger partial charge in [-0.25, -0.2) is 4.79 Å².